The maximum absolute atomic E-state index is 8.06. The molecule has 0 aliphatic heterocycles. The lowest BCUT2D eigenvalue weighted by molar-refractivity contribution is 0.216. The summed E-state index contributed by atoms with van der Waals surface area (Å²) in [6.07, 6.45) is -0.167. The van der Waals surface area contributed by atoms with Gasteiger partial charge < -0.3 is 10.8 Å². The minimum Gasteiger partial charge on any atom is -0.394 e. The van der Waals surface area contributed by atoms with Crippen LogP contribution in [0.3, 0.4) is 0 Å². The molecule has 0 bridgehead atoms. The van der Waals surface area contributed by atoms with E-state index in [4.69, 9.17) is 10.8 Å². The SMILES string of the molecule is CC(C)O.NC(=S)S. The molecular weight excluding hydrogens is 142 g/mol. The van der Waals surface area contributed by atoms with Crippen LogP contribution >= 0.6 is 24.8 Å². The Kier molecular flexibility index (Phi) is 9.95. The smallest absolute Gasteiger partial charge is 0.128 e. The zero-order chi connectivity index (χ0) is 7.15. The Morgan fingerprint density at radius 1 is 1.75 bits per heavy atom. The van der Waals surface area contributed by atoms with Gasteiger partial charge >= 0.3 is 0 Å². The average Bonchev–Trinajstić information content (AvgIpc) is 1.25. The number of hydrogen-bond donors (Lipinski definition) is 3. The normalized spacial score (nSPS) is 7.62. The number of aliphatic hydroxyl groups excluding tert-OH is 1. The van der Waals surface area contributed by atoms with E-state index in [2.05, 4.69) is 24.8 Å². The second-order valence-corrected chi connectivity index (χ2v) is 2.66. The van der Waals surface area contributed by atoms with E-state index >= 15 is 0 Å². The van der Waals surface area contributed by atoms with Gasteiger partial charge in [0.15, 0.2) is 0 Å². The summed E-state index contributed by atoms with van der Waals surface area (Å²) < 4.78 is 0.194. The Balaban J connectivity index is 0. The van der Waals surface area contributed by atoms with Crippen LogP contribution < -0.4 is 5.73 Å². The number of rotatable bonds is 0. The lowest BCUT2D eigenvalue weighted by atomic mass is 10.5. The highest BCUT2D eigenvalue weighted by Gasteiger charge is 1.69. The fourth-order valence-corrected chi connectivity index (χ4v) is 0. The molecule has 8 heavy (non-hydrogen) atoms. The van der Waals surface area contributed by atoms with E-state index < -0.39 is 0 Å². The van der Waals surface area contributed by atoms with Crippen LogP contribution in [0.25, 0.3) is 0 Å². The van der Waals surface area contributed by atoms with Gasteiger partial charge in [0.1, 0.15) is 4.32 Å². The van der Waals surface area contributed by atoms with E-state index in [0.717, 1.165) is 0 Å². The zero-order valence-electron chi connectivity index (χ0n) is 4.96. The van der Waals surface area contributed by atoms with Crippen molar-refractivity contribution < 1.29 is 5.11 Å². The molecule has 0 aromatic carbocycles. The first kappa shape index (κ1) is 11.1. The summed E-state index contributed by atoms with van der Waals surface area (Å²) in [6, 6.07) is 0. The Labute approximate surface area is 60.5 Å². The van der Waals surface area contributed by atoms with Crippen molar-refractivity contribution in [1.29, 1.82) is 0 Å². The minimum atomic E-state index is -0.167. The highest BCUT2D eigenvalue weighted by Crippen LogP contribution is 1.65. The van der Waals surface area contributed by atoms with Gasteiger partial charge in [-0.1, -0.05) is 12.2 Å². The van der Waals surface area contributed by atoms with Crippen LogP contribution in [0.1, 0.15) is 13.8 Å². The van der Waals surface area contributed by atoms with Crippen molar-refractivity contribution in [3.05, 3.63) is 0 Å². The van der Waals surface area contributed by atoms with Crippen molar-refractivity contribution in [3.63, 3.8) is 0 Å². The lowest BCUT2D eigenvalue weighted by Crippen LogP contribution is -1.94. The van der Waals surface area contributed by atoms with Gasteiger partial charge in [0.25, 0.3) is 0 Å². The summed E-state index contributed by atoms with van der Waals surface area (Å²) in [4.78, 5) is 0. The number of nitrogens with two attached hydrogens (primary N) is 1. The minimum absolute atomic E-state index is 0.167. The van der Waals surface area contributed by atoms with Crippen LogP contribution in [-0.4, -0.2) is 15.5 Å². The molecule has 0 atom stereocenters. The van der Waals surface area contributed by atoms with Gasteiger partial charge in [0, 0.05) is 6.10 Å². The Bertz CT molecular complexity index is 58.3. The van der Waals surface area contributed by atoms with Crippen LogP contribution in [-0.2, 0) is 0 Å². The number of thiol groups is 1. The highest BCUT2D eigenvalue weighted by molar-refractivity contribution is 8.10. The second kappa shape index (κ2) is 7.20. The van der Waals surface area contributed by atoms with Gasteiger partial charge in [-0.2, -0.15) is 0 Å². The summed E-state index contributed by atoms with van der Waals surface area (Å²) in [5, 5.41) is 8.06. The first-order valence-corrected chi connectivity index (χ1v) is 2.98. The molecule has 0 amide bonds. The van der Waals surface area contributed by atoms with Crippen molar-refractivity contribution in [1.82, 2.24) is 0 Å². The van der Waals surface area contributed by atoms with Crippen LogP contribution in [0.4, 0.5) is 0 Å². The predicted molar refractivity (Wildman–Crippen MR) is 43.1 cm³/mol. The predicted octanol–water partition coefficient (Wildman–Crippen LogP) is 0.547. The topological polar surface area (TPSA) is 46.2 Å². The first-order valence-electron chi connectivity index (χ1n) is 2.13. The Morgan fingerprint density at radius 2 is 1.75 bits per heavy atom. The third-order valence-corrected chi connectivity index (χ3v) is 0. The summed E-state index contributed by atoms with van der Waals surface area (Å²) in [6.45, 7) is 3.44. The molecule has 0 heterocycles. The quantitative estimate of drug-likeness (QED) is 0.352. The summed E-state index contributed by atoms with van der Waals surface area (Å²) in [5.41, 5.74) is 4.71. The van der Waals surface area contributed by atoms with Crippen molar-refractivity contribution in [2.24, 2.45) is 5.73 Å². The van der Waals surface area contributed by atoms with Gasteiger partial charge in [0.2, 0.25) is 0 Å². The molecule has 0 spiro atoms. The van der Waals surface area contributed by atoms with E-state index in [-0.39, 0.29) is 10.4 Å². The Hall–Kier alpha value is 0.200. The molecule has 0 radical (unpaired) electrons. The molecule has 0 aromatic heterocycles. The summed E-state index contributed by atoms with van der Waals surface area (Å²) in [5.74, 6) is 0. The van der Waals surface area contributed by atoms with E-state index in [0.29, 0.717) is 0 Å². The van der Waals surface area contributed by atoms with Crippen molar-refractivity contribution >= 4 is 29.2 Å². The van der Waals surface area contributed by atoms with Crippen LogP contribution in [0.5, 0.6) is 0 Å². The van der Waals surface area contributed by atoms with Crippen molar-refractivity contribution in [2.75, 3.05) is 0 Å². The van der Waals surface area contributed by atoms with E-state index in [9.17, 15) is 0 Å². The fraction of sp³-hybridized carbons (Fsp3) is 0.750. The molecule has 0 fully saturated rings. The van der Waals surface area contributed by atoms with Crippen LogP contribution in [0, 0.1) is 0 Å². The van der Waals surface area contributed by atoms with Crippen molar-refractivity contribution in [2.45, 2.75) is 20.0 Å². The monoisotopic (exact) mass is 153 g/mol. The summed E-state index contributed by atoms with van der Waals surface area (Å²) >= 11 is 7.65. The molecule has 4 heteroatoms. The largest absolute Gasteiger partial charge is 0.394 e. The number of aliphatic hydroxyl groups is 1. The third kappa shape index (κ3) is 4190. The summed E-state index contributed by atoms with van der Waals surface area (Å²) in [7, 11) is 0. The molecule has 3 N–H and O–H groups in total. The average molecular weight is 153 g/mol. The lowest BCUT2D eigenvalue weighted by Gasteiger charge is -1.80. The van der Waals surface area contributed by atoms with Crippen LogP contribution in [0.15, 0.2) is 0 Å². The molecule has 0 unspecified atom stereocenters. The Morgan fingerprint density at radius 3 is 1.75 bits per heavy atom. The van der Waals surface area contributed by atoms with Crippen LogP contribution in [0.2, 0.25) is 0 Å². The van der Waals surface area contributed by atoms with Crippen molar-refractivity contribution in [3.8, 4) is 0 Å². The number of hydrogen-bond acceptors (Lipinski definition) is 2. The van der Waals surface area contributed by atoms with Gasteiger partial charge in [-0.15, -0.1) is 12.6 Å². The van der Waals surface area contributed by atoms with Gasteiger partial charge in [-0.25, -0.2) is 0 Å². The molecular formula is C4H11NOS2. The van der Waals surface area contributed by atoms with E-state index in [1.54, 1.807) is 13.8 Å². The van der Waals surface area contributed by atoms with Gasteiger partial charge in [-0.05, 0) is 13.8 Å². The molecule has 0 rings (SSSR count). The highest BCUT2D eigenvalue weighted by atomic mass is 32.1. The molecule has 0 saturated carbocycles. The van der Waals surface area contributed by atoms with E-state index in [1.165, 1.54) is 0 Å². The van der Waals surface area contributed by atoms with Gasteiger partial charge in [-0.3, -0.25) is 0 Å². The fourth-order valence-electron chi connectivity index (χ4n) is 0. The first-order chi connectivity index (χ1) is 3.46. The molecule has 50 valence electrons. The maximum Gasteiger partial charge on any atom is 0.128 e. The second-order valence-electron chi connectivity index (χ2n) is 1.43. The number of thiocarbonyl (C=S) groups is 1. The molecule has 2 nitrogen and oxygen atoms in total. The zero-order valence-corrected chi connectivity index (χ0v) is 6.67. The van der Waals surface area contributed by atoms with E-state index in [1.807, 2.05) is 0 Å². The third-order valence-electron chi connectivity index (χ3n) is 0. The molecule has 0 saturated heterocycles. The molecule has 0 aliphatic carbocycles. The maximum atomic E-state index is 8.06. The van der Waals surface area contributed by atoms with Gasteiger partial charge in [0.05, 0.1) is 0 Å². The standard InChI is InChI=1S/C3H8O.CH3NS2/c1-3(2)4;2-1(3)4/h3-4H,1-2H3;(H3,2,3,4). The molecule has 0 aliphatic rings. The molecule has 0 aromatic rings.